The van der Waals surface area contributed by atoms with Crippen LogP contribution in [0.4, 0.5) is 36.4 Å². The maximum absolute atomic E-state index is 13.1. The van der Waals surface area contributed by atoms with E-state index in [1.54, 1.807) is 24.7 Å². The number of rotatable bonds is 25. The Balaban J connectivity index is 0.000000129. The van der Waals surface area contributed by atoms with Crippen LogP contribution < -0.4 is 37.2 Å². The van der Waals surface area contributed by atoms with Crippen LogP contribution in [0.1, 0.15) is 197 Å². The van der Waals surface area contributed by atoms with Crippen LogP contribution in [0.5, 0.6) is 0 Å². The van der Waals surface area contributed by atoms with Crippen molar-refractivity contribution in [2.24, 2.45) is 47.3 Å². The Bertz CT molecular complexity index is 5440. The Morgan fingerprint density at radius 1 is 0.421 bits per heavy atom. The molecule has 7 N–H and O–H groups in total. The Morgan fingerprint density at radius 2 is 0.842 bits per heavy atom. The number of Topliss-reactive ketones (excluding diaryl/α,β-unsaturated/α-hetero) is 3. The van der Waals surface area contributed by atoms with Gasteiger partial charge in [-0.2, -0.15) is 13.2 Å². The largest absolute Gasteiger partial charge is 0.416 e. The minimum absolute atomic E-state index is 0. The molecule has 133 heavy (non-hydrogen) atoms. The highest BCUT2D eigenvalue weighted by molar-refractivity contribution is 5.97. The zero-order valence-corrected chi connectivity index (χ0v) is 77.0. The lowest BCUT2D eigenvalue weighted by molar-refractivity contribution is -0.137. The van der Waals surface area contributed by atoms with E-state index in [-0.39, 0.29) is 86.4 Å². The summed E-state index contributed by atoms with van der Waals surface area (Å²) in [5, 5.41) is 28.9. The van der Waals surface area contributed by atoms with Crippen LogP contribution >= 0.6 is 0 Å². The van der Waals surface area contributed by atoms with Gasteiger partial charge in [0.25, 0.3) is 0 Å². The van der Waals surface area contributed by atoms with Crippen molar-refractivity contribution in [2.75, 3.05) is 106 Å². The van der Waals surface area contributed by atoms with Crippen LogP contribution in [0.25, 0.3) is 43.2 Å². The first-order valence-electron chi connectivity index (χ1n) is 49.2. The van der Waals surface area contributed by atoms with Gasteiger partial charge in [0, 0.05) is 155 Å². The van der Waals surface area contributed by atoms with Gasteiger partial charge in [0.1, 0.15) is 41.2 Å². The summed E-state index contributed by atoms with van der Waals surface area (Å²) in [5.74, 6) is 8.91. The Labute approximate surface area is 781 Å². The summed E-state index contributed by atoms with van der Waals surface area (Å²) in [7, 11) is 0. The molecule has 4 unspecified atom stereocenters. The fourth-order valence-corrected chi connectivity index (χ4v) is 23.5. The third-order valence-corrected chi connectivity index (χ3v) is 31.0. The first-order valence-corrected chi connectivity index (χ1v) is 49.2. The number of amides is 3. The van der Waals surface area contributed by atoms with Gasteiger partial charge in [-0.3, -0.25) is 53.2 Å². The second-order valence-electron chi connectivity index (χ2n) is 40.2. The molecule has 12 aliphatic rings. The number of benzene rings is 4. The fraction of sp³-hybridized carbons (Fsp3) is 0.566. The second kappa shape index (κ2) is 44.5. The van der Waals surface area contributed by atoms with Crippen molar-refractivity contribution in [3.8, 4) is 0 Å². The summed E-state index contributed by atoms with van der Waals surface area (Å²) in [5.41, 5.74) is 3.17. The predicted octanol–water partition coefficient (Wildman–Crippen LogP) is 16.7. The molecule has 4 atom stereocenters. The summed E-state index contributed by atoms with van der Waals surface area (Å²) in [6.45, 7) is 15.2. The van der Waals surface area contributed by atoms with E-state index in [1.807, 2.05) is 18.2 Å². The number of alkyl halides is 3. The van der Waals surface area contributed by atoms with Crippen LogP contribution in [0.15, 0.2) is 140 Å². The molecule has 5 aliphatic heterocycles. The van der Waals surface area contributed by atoms with E-state index in [1.165, 1.54) is 138 Å². The van der Waals surface area contributed by atoms with Crippen molar-refractivity contribution in [3.05, 3.63) is 162 Å². The monoisotopic (exact) mass is 1820 g/mol. The molecular formula is C106H137F3N16O8. The SMILES string of the molecule is C.Cc1ccc2ccnc(NCC(=O)NC3CN(C4CCC(C5CC=CC(=O)C5)CC4)C3)c2c1.Cc1ccc2ccnc(NCC(=O)NC3CN(C4CCC(C5CCC(=O)C5)CC4)C3)c2c1.Cc1ccc2ccnc(NCC(=O)NC3CN(C4CCC(C5CCCC(=O)C5)CC4)C3)c2c1.O=C(CNc1ncnc2ccc(C(F)(F)F)cc12)CC1CN(C2CCC(C3C=CCO3)CC2)C1. The topological polar surface area (TPSA) is 290 Å². The van der Waals surface area contributed by atoms with E-state index < -0.39 is 11.7 Å². The first kappa shape index (κ1) is 95.9. The molecule has 9 heterocycles. The summed E-state index contributed by atoms with van der Waals surface area (Å²) >= 11 is 0. The highest BCUT2D eigenvalue weighted by Crippen LogP contribution is 2.44. The van der Waals surface area contributed by atoms with Crippen molar-refractivity contribution in [2.45, 2.75) is 250 Å². The van der Waals surface area contributed by atoms with Gasteiger partial charge in [0.05, 0.1) is 68.1 Å². The number of nitrogens with one attached hydrogen (secondary N) is 7. The van der Waals surface area contributed by atoms with E-state index in [4.69, 9.17) is 4.74 Å². The number of aryl methyl sites for hydroxylation is 3. The highest BCUT2D eigenvalue weighted by Gasteiger charge is 2.43. The number of anilines is 4. The molecule has 8 aromatic rings. The summed E-state index contributed by atoms with van der Waals surface area (Å²) < 4.78 is 45.0. The average molecular weight is 1820 g/mol. The van der Waals surface area contributed by atoms with E-state index in [2.05, 4.69) is 175 Å². The van der Waals surface area contributed by atoms with Gasteiger partial charge in [-0.25, -0.2) is 24.9 Å². The molecule has 3 amide bonds. The van der Waals surface area contributed by atoms with Gasteiger partial charge in [0.2, 0.25) is 17.7 Å². The third-order valence-electron chi connectivity index (χ3n) is 31.0. The number of likely N-dealkylation sites (tertiary alicyclic amines) is 4. The molecule has 7 aliphatic carbocycles. The number of ether oxygens (including phenoxy) is 1. The lowest BCUT2D eigenvalue weighted by atomic mass is 9.71. The van der Waals surface area contributed by atoms with Crippen LogP contribution in [-0.4, -0.2) is 219 Å². The zero-order valence-electron chi connectivity index (χ0n) is 77.0. The number of halogens is 3. The molecule has 24 nitrogen and oxygen atoms in total. The van der Waals surface area contributed by atoms with E-state index in [0.29, 0.717) is 95.1 Å². The van der Waals surface area contributed by atoms with Gasteiger partial charge >= 0.3 is 6.18 Å². The smallest absolute Gasteiger partial charge is 0.370 e. The molecule has 710 valence electrons. The zero-order chi connectivity index (χ0) is 91.4. The Kier molecular flexibility index (Phi) is 32.1. The summed E-state index contributed by atoms with van der Waals surface area (Å²) in [6.07, 6.45) is 39.2. The van der Waals surface area contributed by atoms with Crippen molar-refractivity contribution < 1.29 is 51.5 Å². The van der Waals surface area contributed by atoms with Crippen molar-refractivity contribution in [1.82, 2.24) is 60.5 Å². The molecule has 0 spiro atoms. The Morgan fingerprint density at radius 3 is 1.27 bits per heavy atom. The summed E-state index contributed by atoms with van der Waals surface area (Å²) in [4.78, 5) is 117. The van der Waals surface area contributed by atoms with Gasteiger partial charge < -0.3 is 42.0 Å². The van der Waals surface area contributed by atoms with Gasteiger partial charge in [-0.15, -0.1) is 0 Å². The van der Waals surface area contributed by atoms with Crippen molar-refractivity contribution in [3.63, 3.8) is 0 Å². The quantitative estimate of drug-likeness (QED) is 0.0262. The number of hydrogen-bond donors (Lipinski definition) is 7. The molecule has 6 saturated carbocycles. The normalized spacial score (nSPS) is 26.2. The molecule has 4 aromatic heterocycles. The first-order chi connectivity index (χ1) is 64.0. The van der Waals surface area contributed by atoms with Crippen LogP contribution in [0.3, 0.4) is 0 Å². The van der Waals surface area contributed by atoms with Crippen LogP contribution in [0, 0.1) is 68.1 Å². The van der Waals surface area contributed by atoms with Crippen molar-refractivity contribution >= 4 is 107 Å². The number of nitrogens with zero attached hydrogens (tertiary/aromatic N) is 9. The predicted molar refractivity (Wildman–Crippen MR) is 518 cm³/mol. The van der Waals surface area contributed by atoms with E-state index >= 15 is 0 Å². The molecular weight excluding hydrogens is 1680 g/mol. The minimum Gasteiger partial charge on any atom is -0.370 e. The maximum Gasteiger partial charge on any atom is 0.416 e. The molecule has 10 fully saturated rings. The number of hydrogen-bond acceptors (Lipinski definition) is 21. The standard InChI is InChI=1S/C27H36N4O2.C27H34N4O2.C26H34N4O2.C25H29F3N4O2.CH4/c2*1-18-5-6-20-11-12-28-27(25(20)13-18)29-15-26(33)30-22-16-31(17-22)23-9-7-19(8-10-23)21-3-2-4-24(32)14-21;1-17-2-3-19-10-11-27-26(24(19)12-17)28-14-25(32)29-21-15-30(16-21)22-7-4-18(5-8-22)20-6-9-23(31)13-20;26-25(27,28)18-5-8-22-21(11-18)24(31-15-30-22)29-12-20(33)10-16-13-32(14-16)19-6-3-17(4-7-19)23-2-1-9-34-23;/h5-6,11-13,19,21-23H,2-4,7-10,14-17H2,1H3,(H,28,29)(H,30,33);2,4-6,11-13,19,21-23H,3,7-10,14-17H2,1H3,(H,28,29)(H,30,33);2-3,10-12,18,20-22H,4-9,13-16H2,1H3,(H,27,28)(H,29,32);1-2,5,8,11,15-17,19,23H,3-4,6-7,9-10,12-14H2,(H,29,30,31);1H4. The average Bonchev–Trinajstić information content (AvgIpc) is 1.51. The molecule has 0 bridgehead atoms. The lowest BCUT2D eigenvalue weighted by Crippen LogP contribution is -2.63. The van der Waals surface area contributed by atoms with E-state index in [9.17, 15) is 46.7 Å². The number of aromatic nitrogens is 5. The number of pyridine rings is 3. The van der Waals surface area contributed by atoms with Gasteiger partial charge in [-0.05, 0) is 273 Å². The molecule has 4 aromatic carbocycles. The van der Waals surface area contributed by atoms with Gasteiger partial charge in [0.15, 0.2) is 11.6 Å². The Hall–Kier alpha value is -10.2. The number of ketones is 4. The molecule has 27 heteroatoms. The second-order valence-corrected chi connectivity index (χ2v) is 40.2. The number of carbonyl (C=O) groups excluding carboxylic acids is 7. The minimum atomic E-state index is -4.45. The van der Waals surface area contributed by atoms with Gasteiger partial charge in [-0.1, -0.05) is 78.7 Å². The number of fused-ring (bicyclic) bond motifs is 4. The molecule has 0 radical (unpaired) electrons. The highest BCUT2D eigenvalue weighted by atomic mass is 19.4. The maximum atomic E-state index is 13.1. The number of allylic oxidation sites excluding steroid dienone is 2. The van der Waals surface area contributed by atoms with Crippen molar-refractivity contribution in [1.29, 1.82) is 0 Å². The lowest BCUT2D eigenvalue weighted by Gasteiger charge is -2.47. The molecule has 20 rings (SSSR count). The van der Waals surface area contributed by atoms with E-state index in [0.717, 1.165) is 184 Å². The molecule has 4 saturated heterocycles. The third kappa shape index (κ3) is 25.1. The van der Waals surface area contributed by atoms with Crippen LogP contribution in [0.2, 0.25) is 0 Å². The summed E-state index contributed by atoms with van der Waals surface area (Å²) in [6, 6.07) is 31.4. The number of carbonyl (C=O) groups is 7. The fourth-order valence-electron chi connectivity index (χ4n) is 23.5. The van der Waals surface area contributed by atoms with Crippen LogP contribution in [-0.2, 0) is 44.5 Å².